The van der Waals surface area contributed by atoms with E-state index in [-0.39, 0.29) is 12.0 Å². The van der Waals surface area contributed by atoms with Gasteiger partial charge < -0.3 is 4.90 Å². The topological polar surface area (TPSA) is 53.5 Å². The predicted octanol–water partition coefficient (Wildman–Crippen LogP) is 5.12. The fraction of sp³-hybridized carbons (Fsp3) is 0.160. The summed E-state index contributed by atoms with van der Waals surface area (Å²) in [5, 5.41) is 0.510. The van der Waals surface area contributed by atoms with E-state index < -0.39 is 34.8 Å². The lowest BCUT2D eigenvalue weighted by Crippen LogP contribution is -2.60. The Hall–Kier alpha value is -3.76. The normalized spacial score (nSPS) is 18.2. The van der Waals surface area contributed by atoms with E-state index in [9.17, 15) is 18.4 Å². The average Bonchev–Trinajstić information content (AvgIpc) is 2.79. The summed E-state index contributed by atoms with van der Waals surface area (Å²) in [6.07, 6.45) is 2.94. The van der Waals surface area contributed by atoms with E-state index in [1.807, 2.05) is 0 Å². The number of benzene rings is 2. The van der Waals surface area contributed by atoms with Gasteiger partial charge in [-0.2, -0.15) is 0 Å². The van der Waals surface area contributed by atoms with Crippen LogP contribution in [-0.4, -0.2) is 28.9 Å². The second-order valence-corrected chi connectivity index (χ2v) is 8.24. The van der Waals surface area contributed by atoms with Crippen molar-refractivity contribution in [2.75, 3.05) is 11.9 Å². The van der Waals surface area contributed by atoms with Gasteiger partial charge in [0.15, 0.2) is 11.6 Å². The Balaban J connectivity index is 1.67. The number of carbonyl (C=O) groups excluding carboxylic acids is 2. The van der Waals surface area contributed by atoms with Crippen LogP contribution in [0, 0.1) is 23.5 Å². The van der Waals surface area contributed by atoms with Crippen LogP contribution < -0.4 is 4.90 Å². The van der Waals surface area contributed by atoms with Crippen LogP contribution in [0.5, 0.6) is 0 Å². The number of amides is 3. The highest BCUT2D eigenvalue weighted by atomic mass is 35.5. The van der Waals surface area contributed by atoms with Crippen LogP contribution in [0.2, 0.25) is 5.02 Å². The first-order valence-electron chi connectivity index (χ1n) is 9.98. The molecule has 4 rings (SSSR count). The Morgan fingerprint density at radius 3 is 2.27 bits per heavy atom. The third-order valence-electron chi connectivity index (χ3n) is 5.68. The molecule has 0 aliphatic carbocycles. The van der Waals surface area contributed by atoms with Crippen molar-refractivity contribution in [1.82, 2.24) is 9.88 Å². The quantitative estimate of drug-likeness (QED) is 0.494. The van der Waals surface area contributed by atoms with Crippen LogP contribution in [0.1, 0.15) is 30.0 Å². The SMILES string of the molecule is CN1C(=O)N(c2c(F)cc(C#Cc3cccnc3)cc2F)C(=O)CC1(C)c1ccc(Cl)cc1. The lowest BCUT2D eigenvalue weighted by molar-refractivity contribution is -0.122. The largest absolute Gasteiger partial charge is 0.332 e. The first-order chi connectivity index (χ1) is 15.7. The Kier molecular flexibility index (Phi) is 5.88. The van der Waals surface area contributed by atoms with Crippen LogP contribution >= 0.6 is 11.6 Å². The number of urea groups is 1. The molecule has 0 N–H and O–H groups in total. The Bertz CT molecular complexity index is 1280. The molecule has 1 aliphatic heterocycles. The summed E-state index contributed by atoms with van der Waals surface area (Å²) >= 11 is 5.95. The third kappa shape index (κ3) is 4.18. The summed E-state index contributed by atoms with van der Waals surface area (Å²) in [5.74, 6) is 2.59. The number of hydrogen-bond acceptors (Lipinski definition) is 3. The molecule has 0 spiro atoms. The number of hydrogen-bond donors (Lipinski definition) is 0. The molecule has 1 aliphatic rings. The first kappa shape index (κ1) is 22.4. The molecule has 0 saturated carbocycles. The van der Waals surface area contributed by atoms with E-state index in [2.05, 4.69) is 16.8 Å². The highest BCUT2D eigenvalue weighted by Gasteiger charge is 2.47. The number of nitrogens with zero attached hydrogens (tertiary/aromatic N) is 3. The van der Waals surface area contributed by atoms with Crippen molar-refractivity contribution < 1.29 is 18.4 Å². The highest BCUT2D eigenvalue weighted by Crippen LogP contribution is 2.39. The molecule has 2 aromatic carbocycles. The van der Waals surface area contributed by atoms with E-state index in [1.54, 1.807) is 49.5 Å². The average molecular weight is 466 g/mol. The van der Waals surface area contributed by atoms with Gasteiger partial charge in [-0.1, -0.05) is 35.6 Å². The van der Waals surface area contributed by atoms with Crippen molar-refractivity contribution >= 4 is 29.2 Å². The second-order valence-electron chi connectivity index (χ2n) is 7.81. The van der Waals surface area contributed by atoms with Crippen molar-refractivity contribution in [3.05, 3.63) is 94.3 Å². The molecule has 3 aromatic rings. The molecule has 1 aromatic heterocycles. The molecule has 8 heteroatoms. The third-order valence-corrected chi connectivity index (χ3v) is 5.93. The van der Waals surface area contributed by atoms with Crippen LogP contribution in [0.25, 0.3) is 0 Å². The monoisotopic (exact) mass is 465 g/mol. The minimum atomic E-state index is -1.06. The number of pyridine rings is 1. The molecule has 3 amide bonds. The summed E-state index contributed by atoms with van der Waals surface area (Å²) in [5.41, 5.74) is -0.405. The van der Waals surface area contributed by atoms with Gasteiger partial charge >= 0.3 is 6.03 Å². The lowest BCUT2D eigenvalue weighted by atomic mass is 9.85. The van der Waals surface area contributed by atoms with Crippen molar-refractivity contribution in [2.45, 2.75) is 18.9 Å². The Morgan fingerprint density at radius 2 is 1.67 bits per heavy atom. The van der Waals surface area contributed by atoms with E-state index in [1.165, 1.54) is 18.1 Å². The van der Waals surface area contributed by atoms with Gasteiger partial charge in [0.2, 0.25) is 5.91 Å². The smallest absolute Gasteiger partial charge is 0.317 e. The van der Waals surface area contributed by atoms with Gasteiger partial charge in [0, 0.05) is 35.6 Å². The minimum Gasteiger partial charge on any atom is -0.317 e. The molecule has 5 nitrogen and oxygen atoms in total. The van der Waals surface area contributed by atoms with Gasteiger partial charge in [0.05, 0.1) is 12.0 Å². The van der Waals surface area contributed by atoms with Gasteiger partial charge in [0.1, 0.15) is 5.69 Å². The zero-order valence-electron chi connectivity index (χ0n) is 17.8. The van der Waals surface area contributed by atoms with Crippen LogP contribution in [0.15, 0.2) is 60.9 Å². The van der Waals surface area contributed by atoms with Gasteiger partial charge in [-0.25, -0.2) is 18.5 Å². The molecule has 1 atom stereocenters. The molecule has 0 bridgehead atoms. The number of anilines is 1. The van der Waals surface area contributed by atoms with E-state index >= 15 is 0 Å². The van der Waals surface area contributed by atoms with Crippen LogP contribution in [0.4, 0.5) is 19.3 Å². The number of halogens is 3. The summed E-state index contributed by atoms with van der Waals surface area (Å²) in [7, 11) is 1.49. The molecule has 1 fully saturated rings. The summed E-state index contributed by atoms with van der Waals surface area (Å²) in [4.78, 5) is 31.9. The maximum atomic E-state index is 15.0. The van der Waals surface area contributed by atoms with Gasteiger partial charge in [0.25, 0.3) is 0 Å². The molecule has 1 unspecified atom stereocenters. The second kappa shape index (κ2) is 8.64. The predicted molar refractivity (Wildman–Crippen MR) is 121 cm³/mol. The molecule has 33 heavy (non-hydrogen) atoms. The highest BCUT2D eigenvalue weighted by molar-refractivity contribution is 6.30. The standard InChI is InChI=1S/C25H18ClF2N3O2/c1-25(18-7-9-19(26)10-8-18)14-22(32)31(24(33)30(25)2)23-20(27)12-17(13-21(23)28)6-5-16-4-3-11-29-15-16/h3-4,7-13,15H,14H2,1-2H3. The fourth-order valence-corrected chi connectivity index (χ4v) is 3.84. The summed E-state index contributed by atoms with van der Waals surface area (Å²) < 4.78 is 29.9. The van der Waals surface area contributed by atoms with Crippen LogP contribution in [0.3, 0.4) is 0 Å². The van der Waals surface area contributed by atoms with E-state index in [4.69, 9.17) is 11.6 Å². The number of imide groups is 1. The molecule has 1 saturated heterocycles. The van der Waals surface area contributed by atoms with Crippen molar-refractivity contribution in [3.63, 3.8) is 0 Å². The van der Waals surface area contributed by atoms with E-state index in [0.29, 0.717) is 21.0 Å². The number of carbonyl (C=O) groups is 2. The van der Waals surface area contributed by atoms with E-state index in [0.717, 1.165) is 12.1 Å². The van der Waals surface area contributed by atoms with Crippen LogP contribution in [-0.2, 0) is 10.3 Å². The zero-order chi connectivity index (χ0) is 23.8. The lowest BCUT2D eigenvalue weighted by Gasteiger charge is -2.45. The molecular weight excluding hydrogens is 448 g/mol. The number of aromatic nitrogens is 1. The summed E-state index contributed by atoms with van der Waals surface area (Å²) in [6, 6.07) is 11.3. The first-order valence-corrected chi connectivity index (χ1v) is 10.4. The molecule has 0 radical (unpaired) electrons. The zero-order valence-corrected chi connectivity index (χ0v) is 18.5. The van der Waals surface area contributed by atoms with Crippen molar-refractivity contribution in [2.24, 2.45) is 0 Å². The maximum Gasteiger partial charge on any atom is 0.332 e. The van der Waals surface area contributed by atoms with Gasteiger partial charge in [-0.05, 0) is 48.9 Å². The van der Waals surface area contributed by atoms with Gasteiger partial charge in [-0.3, -0.25) is 9.78 Å². The minimum absolute atomic E-state index is 0.0638. The maximum absolute atomic E-state index is 15.0. The number of rotatable bonds is 2. The molecule has 2 heterocycles. The van der Waals surface area contributed by atoms with Crippen molar-refractivity contribution in [1.29, 1.82) is 0 Å². The molecule has 166 valence electrons. The summed E-state index contributed by atoms with van der Waals surface area (Å²) in [6.45, 7) is 1.72. The Morgan fingerprint density at radius 1 is 1.03 bits per heavy atom. The van der Waals surface area contributed by atoms with Gasteiger partial charge in [-0.15, -0.1) is 0 Å². The Labute approximate surface area is 194 Å². The van der Waals surface area contributed by atoms with Crippen molar-refractivity contribution in [3.8, 4) is 11.8 Å². The molecular formula is C25H18ClF2N3O2. The fourth-order valence-electron chi connectivity index (χ4n) is 3.72.